The molecule has 3 nitrogen and oxygen atoms in total. The van der Waals surface area contributed by atoms with Crippen molar-refractivity contribution in [2.45, 2.75) is 44.3 Å². The van der Waals surface area contributed by atoms with Crippen molar-refractivity contribution < 1.29 is 8.42 Å². The van der Waals surface area contributed by atoms with E-state index in [9.17, 15) is 8.42 Å². The van der Waals surface area contributed by atoms with Crippen molar-refractivity contribution in [1.29, 1.82) is 0 Å². The van der Waals surface area contributed by atoms with Gasteiger partial charge in [0.2, 0.25) is 10.0 Å². The van der Waals surface area contributed by atoms with E-state index in [1.807, 2.05) is 0 Å². The van der Waals surface area contributed by atoms with Crippen LogP contribution < -0.4 is 4.72 Å². The molecule has 0 aromatic rings. The maximum absolute atomic E-state index is 11.5. The second-order valence-electron chi connectivity index (χ2n) is 3.98. The molecule has 0 spiro atoms. The number of hydrogen-bond acceptors (Lipinski definition) is 2. The van der Waals surface area contributed by atoms with Gasteiger partial charge >= 0.3 is 0 Å². The molecule has 0 aromatic carbocycles. The van der Waals surface area contributed by atoms with Gasteiger partial charge in [0, 0.05) is 0 Å². The highest BCUT2D eigenvalue weighted by atomic mass is 32.2. The van der Waals surface area contributed by atoms with Crippen LogP contribution in [0.15, 0.2) is 0 Å². The minimum Gasteiger partial charge on any atom is -0.218 e. The Morgan fingerprint density at radius 2 is 1.85 bits per heavy atom. The lowest BCUT2D eigenvalue weighted by molar-refractivity contribution is 0.503. The molecule has 0 heterocycles. The largest absolute Gasteiger partial charge is 0.218 e. The first-order valence-corrected chi connectivity index (χ1v) is 6.53. The van der Waals surface area contributed by atoms with Crippen molar-refractivity contribution in [1.82, 2.24) is 4.72 Å². The number of rotatable bonds is 2. The van der Waals surface area contributed by atoms with Gasteiger partial charge in [-0.05, 0) is 32.2 Å². The molecule has 0 bridgehead atoms. The zero-order valence-electron chi connectivity index (χ0n) is 8.41. The molecule has 13 heavy (non-hydrogen) atoms. The summed E-state index contributed by atoms with van der Waals surface area (Å²) in [5.74, 6) is 0.692. The molecule has 78 valence electrons. The van der Waals surface area contributed by atoms with Gasteiger partial charge in [-0.25, -0.2) is 13.1 Å². The lowest BCUT2D eigenvalue weighted by Gasteiger charge is -2.13. The molecule has 2 unspecified atom stereocenters. The van der Waals surface area contributed by atoms with Gasteiger partial charge in [-0.1, -0.05) is 19.8 Å². The molecule has 0 aliphatic heterocycles. The summed E-state index contributed by atoms with van der Waals surface area (Å²) in [4.78, 5) is 0. The molecule has 0 aromatic heterocycles. The second kappa shape index (κ2) is 4.42. The third-order valence-electron chi connectivity index (χ3n) is 2.93. The highest BCUT2D eigenvalue weighted by molar-refractivity contribution is 7.90. The molecular formula is C9H19NO2S. The van der Waals surface area contributed by atoms with Crippen molar-refractivity contribution >= 4 is 10.0 Å². The monoisotopic (exact) mass is 205 g/mol. The third kappa shape index (κ3) is 2.95. The van der Waals surface area contributed by atoms with E-state index in [0.29, 0.717) is 5.92 Å². The van der Waals surface area contributed by atoms with Crippen molar-refractivity contribution in [2.75, 3.05) is 7.05 Å². The average Bonchev–Trinajstić information content (AvgIpc) is 2.30. The van der Waals surface area contributed by atoms with Gasteiger partial charge in [-0.15, -0.1) is 0 Å². The van der Waals surface area contributed by atoms with E-state index in [-0.39, 0.29) is 5.25 Å². The summed E-state index contributed by atoms with van der Waals surface area (Å²) in [6, 6.07) is 0. The van der Waals surface area contributed by atoms with Crippen LogP contribution in [0.5, 0.6) is 0 Å². The van der Waals surface area contributed by atoms with Crippen LogP contribution in [0.25, 0.3) is 0 Å². The van der Waals surface area contributed by atoms with E-state index in [4.69, 9.17) is 0 Å². The zero-order chi connectivity index (χ0) is 9.90. The van der Waals surface area contributed by atoms with E-state index in [1.165, 1.54) is 13.5 Å². The summed E-state index contributed by atoms with van der Waals surface area (Å²) in [5, 5.41) is -0.151. The quantitative estimate of drug-likeness (QED) is 0.694. The molecular weight excluding hydrogens is 186 g/mol. The number of sulfonamides is 1. The van der Waals surface area contributed by atoms with E-state index < -0.39 is 10.0 Å². The SMILES string of the molecule is CNS(=O)(=O)C1CCCC(C)CC1. The molecule has 1 N–H and O–H groups in total. The van der Waals surface area contributed by atoms with E-state index >= 15 is 0 Å². The normalized spacial score (nSPS) is 31.2. The first kappa shape index (κ1) is 11.0. The molecule has 1 aliphatic rings. The lowest BCUT2D eigenvalue weighted by atomic mass is 10.0. The Kier molecular flexibility index (Phi) is 3.74. The summed E-state index contributed by atoms with van der Waals surface area (Å²) in [5.41, 5.74) is 0. The molecule has 0 radical (unpaired) electrons. The van der Waals surface area contributed by atoms with Crippen LogP contribution in [0, 0.1) is 5.92 Å². The molecule has 0 amide bonds. The van der Waals surface area contributed by atoms with Gasteiger partial charge in [-0.2, -0.15) is 0 Å². The summed E-state index contributed by atoms with van der Waals surface area (Å²) in [6.45, 7) is 2.20. The van der Waals surface area contributed by atoms with E-state index in [2.05, 4.69) is 11.6 Å². The molecule has 1 aliphatic carbocycles. The van der Waals surface area contributed by atoms with E-state index in [1.54, 1.807) is 0 Å². The lowest BCUT2D eigenvalue weighted by Crippen LogP contribution is -2.31. The predicted octanol–water partition coefficient (Wildman–Crippen LogP) is 1.50. The van der Waals surface area contributed by atoms with Gasteiger partial charge in [0.25, 0.3) is 0 Å². The fourth-order valence-corrected chi connectivity index (χ4v) is 3.19. The Morgan fingerprint density at radius 1 is 1.15 bits per heavy atom. The number of hydrogen-bond donors (Lipinski definition) is 1. The molecule has 2 atom stereocenters. The fourth-order valence-electron chi connectivity index (χ4n) is 1.93. The summed E-state index contributed by atoms with van der Waals surface area (Å²) < 4.78 is 25.4. The first-order chi connectivity index (χ1) is 6.06. The van der Waals surface area contributed by atoms with Crippen LogP contribution in [0.1, 0.15) is 39.0 Å². The Balaban J connectivity index is 2.61. The van der Waals surface area contributed by atoms with Crippen molar-refractivity contribution in [3.63, 3.8) is 0 Å². The van der Waals surface area contributed by atoms with Gasteiger partial charge in [-0.3, -0.25) is 0 Å². The van der Waals surface area contributed by atoms with Crippen LogP contribution in [0.4, 0.5) is 0 Å². The number of nitrogens with one attached hydrogen (secondary N) is 1. The summed E-state index contributed by atoms with van der Waals surface area (Å²) in [6.07, 6.45) is 4.92. The van der Waals surface area contributed by atoms with Crippen molar-refractivity contribution in [3.05, 3.63) is 0 Å². The Labute approximate surface area is 81.0 Å². The van der Waals surface area contributed by atoms with Crippen LogP contribution in [0.3, 0.4) is 0 Å². The molecule has 1 saturated carbocycles. The zero-order valence-corrected chi connectivity index (χ0v) is 9.23. The first-order valence-electron chi connectivity index (χ1n) is 4.98. The smallest absolute Gasteiger partial charge is 0.214 e. The Morgan fingerprint density at radius 3 is 2.46 bits per heavy atom. The predicted molar refractivity (Wildman–Crippen MR) is 54.0 cm³/mol. The topological polar surface area (TPSA) is 46.2 Å². The fraction of sp³-hybridized carbons (Fsp3) is 1.00. The molecule has 1 rings (SSSR count). The molecule has 4 heteroatoms. The summed E-state index contributed by atoms with van der Waals surface area (Å²) in [7, 11) is -1.51. The summed E-state index contributed by atoms with van der Waals surface area (Å²) >= 11 is 0. The van der Waals surface area contributed by atoms with Gasteiger partial charge in [0.1, 0.15) is 0 Å². The minimum atomic E-state index is -3.02. The minimum absolute atomic E-state index is 0.151. The molecule has 1 fully saturated rings. The van der Waals surface area contributed by atoms with Crippen LogP contribution in [-0.4, -0.2) is 20.7 Å². The average molecular weight is 205 g/mol. The second-order valence-corrected chi connectivity index (χ2v) is 6.15. The van der Waals surface area contributed by atoms with Crippen molar-refractivity contribution in [2.24, 2.45) is 5.92 Å². The molecule has 0 saturated heterocycles. The maximum atomic E-state index is 11.5. The standard InChI is InChI=1S/C9H19NO2S/c1-8-4-3-5-9(7-6-8)13(11,12)10-2/h8-10H,3-7H2,1-2H3. The highest BCUT2D eigenvalue weighted by Crippen LogP contribution is 2.26. The van der Waals surface area contributed by atoms with Gasteiger partial charge in [0.15, 0.2) is 0 Å². The highest BCUT2D eigenvalue weighted by Gasteiger charge is 2.26. The Hall–Kier alpha value is -0.0900. The third-order valence-corrected chi connectivity index (χ3v) is 4.85. The maximum Gasteiger partial charge on any atom is 0.214 e. The van der Waals surface area contributed by atoms with Crippen LogP contribution in [0.2, 0.25) is 0 Å². The van der Waals surface area contributed by atoms with Gasteiger partial charge < -0.3 is 0 Å². The van der Waals surface area contributed by atoms with Crippen LogP contribution in [-0.2, 0) is 10.0 Å². The van der Waals surface area contributed by atoms with Crippen LogP contribution >= 0.6 is 0 Å². The van der Waals surface area contributed by atoms with Crippen molar-refractivity contribution in [3.8, 4) is 0 Å². The Bertz CT molecular complexity index is 248. The van der Waals surface area contributed by atoms with Gasteiger partial charge in [0.05, 0.1) is 5.25 Å². The van der Waals surface area contributed by atoms with E-state index in [0.717, 1.165) is 25.7 Å².